The molecule has 0 aliphatic heterocycles. The molecule has 108 valence electrons. The Kier molecular flexibility index (Phi) is 3.93. The van der Waals surface area contributed by atoms with Gasteiger partial charge in [-0.05, 0) is 30.0 Å². The predicted octanol–water partition coefficient (Wildman–Crippen LogP) is 1.82. The topological polar surface area (TPSA) is 120 Å². The number of hydrogen-bond acceptors (Lipinski definition) is 6. The molecular weight excluding hydrogens is 314 g/mol. The maximum Gasteiger partial charge on any atom is 0.347 e. The number of carboxylic acid groups (broad SMARTS) is 1. The average molecular weight is 323 g/mol. The maximum atomic E-state index is 12.3. The van der Waals surface area contributed by atoms with Gasteiger partial charge in [-0.25, -0.2) is 18.2 Å². The third-order valence-electron chi connectivity index (χ3n) is 2.51. The Hall–Kier alpha value is -2.44. The standard InChI is InChI=1S/C12H9N3O4S2/c1-7-6-20-10(12(16)17)11(7)21(18,19)15-9-3-2-8(4-13)5-14-9/h2-3,5-6H,1H3,(H,14,15)(H,16,17). The summed E-state index contributed by atoms with van der Waals surface area (Å²) in [6, 6.07) is 4.60. The number of anilines is 1. The van der Waals surface area contributed by atoms with Crippen LogP contribution >= 0.6 is 11.3 Å². The Morgan fingerprint density at radius 2 is 2.19 bits per heavy atom. The fourth-order valence-electron chi connectivity index (χ4n) is 1.62. The van der Waals surface area contributed by atoms with Crippen molar-refractivity contribution in [2.75, 3.05) is 4.72 Å². The second-order valence-corrected chi connectivity index (χ2v) is 6.53. The van der Waals surface area contributed by atoms with Crippen molar-refractivity contribution in [3.8, 4) is 6.07 Å². The molecule has 0 unspecified atom stereocenters. The van der Waals surface area contributed by atoms with Crippen molar-refractivity contribution < 1.29 is 18.3 Å². The summed E-state index contributed by atoms with van der Waals surface area (Å²) in [6.07, 6.45) is 1.22. The minimum atomic E-state index is -4.06. The van der Waals surface area contributed by atoms with E-state index in [9.17, 15) is 13.2 Å². The van der Waals surface area contributed by atoms with Crippen LogP contribution in [-0.4, -0.2) is 24.5 Å². The molecule has 0 bridgehead atoms. The van der Waals surface area contributed by atoms with Gasteiger partial charge in [0.15, 0.2) is 0 Å². The second-order valence-electron chi connectivity index (χ2n) is 4.03. The lowest BCUT2D eigenvalue weighted by molar-refractivity contribution is 0.0698. The van der Waals surface area contributed by atoms with E-state index in [0.29, 0.717) is 5.56 Å². The van der Waals surface area contributed by atoms with Crippen LogP contribution in [0.15, 0.2) is 28.6 Å². The molecule has 0 spiro atoms. The fraction of sp³-hybridized carbons (Fsp3) is 0.0833. The van der Waals surface area contributed by atoms with Gasteiger partial charge in [0.25, 0.3) is 10.0 Å². The molecule has 2 N–H and O–H groups in total. The highest BCUT2D eigenvalue weighted by atomic mass is 32.2. The van der Waals surface area contributed by atoms with Gasteiger partial charge in [0.2, 0.25) is 0 Å². The molecule has 0 saturated heterocycles. The largest absolute Gasteiger partial charge is 0.477 e. The number of thiophene rings is 1. The summed E-state index contributed by atoms with van der Waals surface area (Å²) >= 11 is 0.846. The number of nitrogens with one attached hydrogen (secondary N) is 1. The lowest BCUT2D eigenvalue weighted by Crippen LogP contribution is -2.17. The van der Waals surface area contributed by atoms with Gasteiger partial charge in [0.05, 0.1) is 5.56 Å². The van der Waals surface area contributed by atoms with E-state index < -0.39 is 16.0 Å². The highest BCUT2D eigenvalue weighted by Gasteiger charge is 2.27. The van der Waals surface area contributed by atoms with Crippen molar-refractivity contribution in [1.82, 2.24) is 4.98 Å². The molecule has 0 radical (unpaired) electrons. The van der Waals surface area contributed by atoms with Gasteiger partial charge in [-0.2, -0.15) is 5.26 Å². The first kappa shape index (κ1) is 15.0. The molecule has 0 aromatic carbocycles. The molecule has 7 nitrogen and oxygen atoms in total. The zero-order valence-electron chi connectivity index (χ0n) is 10.7. The Morgan fingerprint density at radius 3 is 2.71 bits per heavy atom. The number of aryl methyl sites for hydroxylation is 1. The quantitative estimate of drug-likeness (QED) is 0.885. The number of aromatic carboxylic acids is 1. The van der Waals surface area contributed by atoms with Crippen LogP contribution in [0.1, 0.15) is 20.8 Å². The van der Waals surface area contributed by atoms with E-state index in [1.807, 2.05) is 6.07 Å². The van der Waals surface area contributed by atoms with E-state index in [-0.39, 0.29) is 21.2 Å². The van der Waals surface area contributed by atoms with Crippen LogP contribution in [0.3, 0.4) is 0 Å². The SMILES string of the molecule is Cc1csc(C(=O)O)c1S(=O)(=O)Nc1ccc(C#N)cn1. The monoisotopic (exact) mass is 323 g/mol. The Morgan fingerprint density at radius 1 is 1.48 bits per heavy atom. The van der Waals surface area contributed by atoms with Crippen molar-refractivity contribution in [2.24, 2.45) is 0 Å². The van der Waals surface area contributed by atoms with Gasteiger partial charge in [-0.3, -0.25) is 4.72 Å². The molecule has 0 atom stereocenters. The molecule has 9 heteroatoms. The summed E-state index contributed by atoms with van der Waals surface area (Å²) in [5, 5.41) is 19.2. The number of aromatic nitrogens is 1. The lowest BCUT2D eigenvalue weighted by atomic mass is 10.3. The van der Waals surface area contributed by atoms with E-state index in [0.717, 1.165) is 11.3 Å². The zero-order valence-corrected chi connectivity index (χ0v) is 12.3. The van der Waals surface area contributed by atoms with Crippen LogP contribution in [0.5, 0.6) is 0 Å². The van der Waals surface area contributed by atoms with Gasteiger partial charge in [-0.1, -0.05) is 0 Å². The van der Waals surface area contributed by atoms with Crippen LogP contribution in [0.25, 0.3) is 0 Å². The number of hydrogen-bond donors (Lipinski definition) is 2. The molecule has 0 saturated carbocycles. The van der Waals surface area contributed by atoms with Gasteiger partial charge < -0.3 is 5.11 Å². The van der Waals surface area contributed by atoms with Gasteiger partial charge >= 0.3 is 5.97 Å². The third-order valence-corrected chi connectivity index (χ3v) is 5.27. The van der Waals surface area contributed by atoms with Gasteiger partial charge in [0.1, 0.15) is 21.7 Å². The number of carbonyl (C=O) groups is 1. The van der Waals surface area contributed by atoms with E-state index in [4.69, 9.17) is 10.4 Å². The highest BCUT2D eigenvalue weighted by molar-refractivity contribution is 7.93. The van der Waals surface area contributed by atoms with E-state index >= 15 is 0 Å². The molecule has 0 amide bonds. The third kappa shape index (κ3) is 3.01. The van der Waals surface area contributed by atoms with Crippen molar-refractivity contribution in [3.63, 3.8) is 0 Å². The van der Waals surface area contributed by atoms with Crippen LogP contribution in [0.2, 0.25) is 0 Å². The van der Waals surface area contributed by atoms with Gasteiger partial charge in [-0.15, -0.1) is 11.3 Å². The molecule has 0 aliphatic rings. The number of rotatable bonds is 4. The number of sulfonamides is 1. The average Bonchev–Trinajstić information content (AvgIpc) is 2.82. The number of carboxylic acids is 1. The lowest BCUT2D eigenvalue weighted by Gasteiger charge is -2.08. The first-order valence-electron chi connectivity index (χ1n) is 5.55. The molecule has 21 heavy (non-hydrogen) atoms. The van der Waals surface area contributed by atoms with Crippen LogP contribution in [0.4, 0.5) is 5.82 Å². The van der Waals surface area contributed by atoms with Crippen LogP contribution < -0.4 is 4.72 Å². The van der Waals surface area contributed by atoms with E-state index in [1.54, 1.807) is 0 Å². The summed E-state index contributed by atoms with van der Waals surface area (Å²) in [6.45, 7) is 1.52. The summed E-state index contributed by atoms with van der Waals surface area (Å²) < 4.78 is 26.8. The number of pyridine rings is 1. The molecular formula is C12H9N3O4S2. The minimum Gasteiger partial charge on any atom is -0.477 e. The number of nitrogens with zero attached hydrogens (tertiary/aromatic N) is 2. The smallest absolute Gasteiger partial charge is 0.347 e. The van der Waals surface area contributed by atoms with Crippen molar-refractivity contribution in [3.05, 3.63) is 39.7 Å². The molecule has 2 aromatic rings. The van der Waals surface area contributed by atoms with Crippen molar-refractivity contribution in [1.29, 1.82) is 5.26 Å². The van der Waals surface area contributed by atoms with Crippen molar-refractivity contribution in [2.45, 2.75) is 11.8 Å². The summed E-state index contributed by atoms with van der Waals surface area (Å²) in [5.74, 6) is -1.29. The Bertz CT molecular complexity index is 832. The highest BCUT2D eigenvalue weighted by Crippen LogP contribution is 2.28. The Labute approximate surface area is 124 Å². The van der Waals surface area contributed by atoms with Crippen LogP contribution in [0, 0.1) is 18.3 Å². The van der Waals surface area contributed by atoms with E-state index in [2.05, 4.69) is 9.71 Å². The minimum absolute atomic E-state index is 0.0101. The molecule has 0 fully saturated rings. The normalized spacial score (nSPS) is 10.9. The molecule has 2 heterocycles. The van der Waals surface area contributed by atoms with E-state index in [1.165, 1.54) is 30.6 Å². The Balaban J connectivity index is 2.41. The van der Waals surface area contributed by atoms with Crippen molar-refractivity contribution >= 4 is 33.1 Å². The molecule has 2 rings (SSSR count). The van der Waals surface area contributed by atoms with Gasteiger partial charge in [0, 0.05) is 6.20 Å². The summed E-state index contributed by atoms with van der Waals surface area (Å²) in [4.78, 5) is 14.3. The predicted molar refractivity (Wildman–Crippen MR) is 75.8 cm³/mol. The first-order valence-corrected chi connectivity index (χ1v) is 7.92. The fourth-order valence-corrected chi connectivity index (χ4v) is 4.27. The summed E-state index contributed by atoms with van der Waals surface area (Å²) in [5.41, 5.74) is 0.634. The molecule has 2 aromatic heterocycles. The summed E-state index contributed by atoms with van der Waals surface area (Å²) in [7, 11) is -4.06. The maximum absolute atomic E-state index is 12.3. The zero-order chi connectivity index (χ0) is 15.6. The molecule has 0 aliphatic carbocycles. The second kappa shape index (κ2) is 5.51. The van der Waals surface area contributed by atoms with Crippen LogP contribution in [-0.2, 0) is 10.0 Å². The number of nitriles is 1. The first-order chi connectivity index (χ1) is 9.85.